The molecule has 0 saturated carbocycles. The number of rotatable bonds is 5. The van der Waals surface area contributed by atoms with E-state index in [0.29, 0.717) is 0 Å². The first kappa shape index (κ1) is 13.2. The van der Waals surface area contributed by atoms with E-state index in [1.54, 1.807) is 6.08 Å². The van der Waals surface area contributed by atoms with Gasteiger partial charge in [-0.3, -0.25) is 0 Å². The van der Waals surface area contributed by atoms with E-state index in [1.807, 2.05) is 32.1 Å². The van der Waals surface area contributed by atoms with Crippen LogP contribution in [0.5, 0.6) is 0 Å². The average Bonchev–Trinajstić information content (AvgIpc) is 2.15. The third kappa shape index (κ3) is 6.33. The van der Waals surface area contributed by atoms with E-state index in [2.05, 4.69) is 19.7 Å². The van der Waals surface area contributed by atoms with Crippen molar-refractivity contribution in [2.75, 3.05) is 0 Å². The fourth-order valence-corrected chi connectivity index (χ4v) is 0.914. The van der Waals surface area contributed by atoms with Crippen LogP contribution in [0.2, 0.25) is 0 Å². The van der Waals surface area contributed by atoms with Crippen LogP contribution in [0.25, 0.3) is 0 Å². The number of allylic oxidation sites excluding steroid dienone is 8. The maximum absolute atomic E-state index is 8.93. The minimum Gasteiger partial charge on any atom is -0.509 e. The molecule has 0 spiro atoms. The van der Waals surface area contributed by atoms with Crippen molar-refractivity contribution in [2.45, 2.75) is 13.8 Å². The van der Waals surface area contributed by atoms with Crippen LogP contribution >= 0.6 is 0 Å². The Labute approximate surface area is 93.6 Å². The fraction of sp³-hybridized carbons (Fsp3) is 0.143. The lowest BCUT2D eigenvalue weighted by Crippen LogP contribution is -1.81. The van der Waals surface area contributed by atoms with Gasteiger partial charge in [-0.15, -0.1) is 0 Å². The molecule has 0 aromatic heterocycles. The van der Waals surface area contributed by atoms with Crippen molar-refractivity contribution >= 4 is 0 Å². The van der Waals surface area contributed by atoms with E-state index in [9.17, 15) is 0 Å². The summed E-state index contributed by atoms with van der Waals surface area (Å²) in [6.45, 7) is 14.9. The van der Waals surface area contributed by atoms with E-state index >= 15 is 0 Å². The van der Waals surface area contributed by atoms with Gasteiger partial charge in [0, 0.05) is 1.43 Å². The minimum absolute atomic E-state index is 0. The van der Waals surface area contributed by atoms with Gasteiger partial charge in [-0.05, 0) is 31.1 Å². The fourth-order valence-electron chi connectivity index (χ4n) is 0.914. The van der Waals surface area contributed by atoms with E-state index < -0.39 is 0 Å². The number of hydrogen-bond donors (Lipinski definition) is 1. The molecule has 0 aromatic carbocycles. The molecule has 0 bridgehead atoms. The first-order valence-corrected chi connectivity index (χ1v) is 4.72. The lowest BCUT2D eigenvalue weighted by molar-refractivity contribution is 0.435. The van der Waals surface area contributed by atoms with Crippen LogP contribution in [0.1, 0.15) is 15.3 Å². The molecule has 0 aliphatic carbocycles. The molecule has 0 rings (SSSR count). The molecule has 82 valence electrons. The van der Waals surface area contributed by atoms with Crippen molar-refractivity contribution in [3.05, 3.63) is 72.6 Å². The molecule has 0 amide bonds. The van der Waals surface area contributed by atoms with E-state index in [4.69, 9.17) is 5.11 Å². The van der Waals surface area contributed by atoms with Gasteiger partial charge in [0.15, 0.2) is 0 Å². The summed E-state index contributed by atoms with van der Waals surface area (Å²) < 4.78 is 0. The van der Waals surface area contributed by atoms with Crippen molar-refractivity contribution in [3.63, 3.8) is 0 Å². The van der Waals surface area contributed by atoms with Gasteiger partial charge in [0.2, 0.25) is 0 Å². The van der Waals surface area contributed by atoms with Crippen LogP contribution < -0.4 is 0 Å². The second kappa shape index (κ2) is 6.66. The van der Waals surface area contributed by atoms with Gasteiger partial charge >= 0.3 is 0 Å². The topological polar surface area (TPSA) is 20.2 Å². The summed E-state index contributed by atoms with van der Waals surface area (Å²) in [5.74, 6) is 0.0334. The van der Waals surface area contributed by atoms with Gasteiger partial charge in [-0.2, -0.15) is 0 Å². The molecule has 1 nitrogen and oxygen atoms in total. The van der Waals surface area contributed by atoms with Crippen molar-refractivity contribution in [1.29, 1.82) is 0 Å². The molecule has 0 saturated heterocycles. The second-order valence-corrected chi connectivity index (χ2v) is 3.27. The Balaban J connectivity index is 0. The zero-order valence-corrected chi connectivity index (χ0v) is 9.46. The predicted octanol–water partition coefficient (Wildman–Crippen LogP) is 4.50. The maximum atomic E-state index is 8.93. The summed E-state index contributed by atoms with van der Waals surface area (Å²) in [6, 6.07) is 0. The summed E-state index contributed by atoms with van der Waals surface area (Å²) >= 11 is 0. The summed E-state index contributed by atoms with van der Waals surface area (Å²) in [5.41, 5.74) is 2.79. The molecule has 0 radical (unpaired) electrons. The van der Waals surface area contributed by atoms with Gasteiger partial charge in [-0.25, -0.2) is 0 Å². The third-order valence-corrected chi connectivity index (χ3v) is 1.71. The van der Waals surface area contributed by atoms with Crippen LogP contribution in [-0.4, -0.2) is 5.11 Å². The van der Waals surface area contributed by atoms with Crippen LogP contribution in [-0.2, 0) is 0 Å². The quantitative estimate of drug-likeness (QED) is 0.516. The number of aliphatic hydroxyl groups is 1. The van der Waals surface area contributed by atoms with Crippen molar-refractivity contribution < 1.29 is 6.53 Å². The molecule has 0 unspecified atom stereocenters. The van der Waals surface area contributed by atoms with E-state index in [1.165, 1.54) is 6.08 Å². The third-order valence-electron chi connectivity index (χ3n) is 1.71. The Morgan fingerprint density at radius 1 is 1.07 bits per heavy atom. The Kier molecular flexibility index (Phi) is 5.88. The van der Waals surface area contributed by atoms with Crippen LogP contribution in [0.3, 0.4) is 0 Å². The molecule has 0 aliphatic heterocycles. The Morgan fingerprint density at radius 2 is 1.67 bits per heavy atom. The van der Waals surface area contributed by atoms with Gasteiger partial charge in [0.1, 0.15) is 5.76 Å². The molecule has 0 fully saturated rings. The monoisotopic (exact) mass is 204 g/mol. The zero-order valence-electron chi connectivity index (χ0n) is 9.46. The van der Waals surface area contributed by atoms with Crippen molar-refractivity contribution in [2.24, 2.45) is 0 Å². The highest BCUT2D eigenvalue weighted by Crippen LogP contribution is 2.12. The van der Waals surface area contributed by atoms with Gasteiger partial charge in [-0.1, -0.05) is 49.6 Å². The summed E-state index contributed by atoms with van der Waals surface area (Å²) in [7, 11) is 0. The van der Waals surface area contributed by atoms with Crippen LogP contribution in [0, 0.1) is 0 Å². The minimum atomic E-state index is 0. The largest absolute Gasteiger partial charge is 0.509 e. The van der Waals surface area contributed by atoms with Crippen LogP contribution in [0.15, 0.2) is 72.6 Å². The summed E-state index contributed by atoms with van der Waals surface area (Å²) in [6.07, 6.45) is 9.02. The first-order chi connectivity index (χ1) is 6.97. The molecular formula is C14H20O. The smallest absolute Gasteiger partial charge is 0.108 e. The number of hydrogen-bond acceptors (Lipinski definition) is 1. The second-order valence-electron chi connectivity index (χ2n) is 3.27. The van der Waals surface area contributed by atoms with E-state index in [-0.39, 0.29) is 7.19 Å². The lowest BCUT2D eigenvalue weighted by atomic mass is 10.1. The normalized spacial score (nSPS) is 12.3. The first-order valence-electron chi connectivity index (χ1n) is 4.72. The molecule has 0 aromatic rings. The van der Waals surface area contributed by atoms with Gasteiger partial charge in [0.25, 0.3) is 0 Å². The molecule has 1 N–H and O–H groups in total. The average molecular weight is 204 g/mol. The standard InChI is InChI=1S/C14H18O.H2/c1-6-14(10-9-13(5)15)12(4)8-7-11(2)3;/h6-10,15H,2,4-5H2,1,3H3;1H/b8-7-,10-9-,14-6+;. The molecular weight excluding hydrogens is 184 g/mol. The summed E-state index contributed by atoms with van der Waals surface area (Å²) in [4.78, 5) is 0. The van der Waals surface area contributed by atoms with Crippen molar-refractivity contribution in [3.8, 4) is 0 Å². The Morgan fingerprint density at radius 3 is 2.07 bits per heavy atom. The van der Waals surface area contributed by atoms with Crippen LogP contribution in [0.4, 0.5) is 0 Å². The molecule has 0 heterocycles. The molecule has 1 heteroatoms. The highest BCUT2D eigenvalue weighted by molar-refractivity contribution is 5.46. The summed E-state index contributed by atoms with van der Waals surface area (Å²) in [5, 5.41) is 8.93. The SMILES string of the molecule is C=C(C)/C=C\C(=C)C(/C=C\C(=C)O)=C/C.[HH]. The highest BCUT2D eigenvalue weighted by Gasteiger charge is 1.93. The highest BCUT2D eigenvalue weighted by atomic mass is 16.3. The Bertz CT molecular complexity index is 357. The molecule has 15 heavy (non-hydrogen) atoms. The Hall–Kier alpha value is -1.76. The molecule has 0 atom stereocenters. The predicted molar refractivity (Wildman–Crippen MR) is 69.9 cm³/mol. The maximum Gasteiger partial charge on any atom is 0.108 e. The van der Waals surface area contributed by atoms with Gasteiger partial charge in [0.05, 0.1) is 0 Å². The number of aliphatic hydroxyl groups excluding tert-OH is 1. The van der Waals surface area contributed by atoms with Crippen molar-refractivity contribution in [1.82, 2.24) is 0 Å². The zero-order chi connectivity index (χ0) is 11.8. The lowest BCUT2D eigenvalue weighted by Gasteiger charge is -2.00. The van der Waals surface area contributed by atoms with E-state index in [0.717, 1.165) is 16.7 Å². The molecule has 0 aliphatic rings. The van der Waals surface area contributed by atoms with Gasteiger partial charge < -0.3 is 5.11 Å².